The van der Waals surface area contributed by atoms with E-state index in [9.17, 15) is 9.90 Å². The van der Waals surface area contributed by atoms with Gasteiger partial charge in [0.25, 0.3) is 0 Å². The van der Waals surface area contributed by atoms with E-state index >= 15 is 0 Å². The number of aryl methyl sites for hydroxylation is 1. The van der Waals surface area contributed by atoms with E-state index in [0.717, 1.165) is 31.8 Å². The van der Waals surface area contributed by atoms with Gasteiger partial charge >= 0.3 is 0 Å². The molecule has 0 bridgehead atoms. The lowest BCUT2D eigenvalue weighted by atomic mass is 9.90. The van der Waals surface area contributed by atoms with Crippen LogP contribution in [0, 0.1) is 5.92 Å². The summed E-state index contributed by atoms with van der Waals surface area (Å²) in [6.07, 6.45) is 7.05. The van der Waals surface area contributed by atoms with Gasteiger partial charge in [0, 0.05) is 44.6 Å². The number of aliphatic hydroxyl groups is 1. The molecule has 1 N–H and O–H groups in total. The first-order chi connectivity index (χ1) is 11.9. The third-order valence-electron chi connectivity index (χ3n) is 6.25. The lowest BCUT2D eigenvalue weighted by Gasteiger charge is -2.39. The SMILES string of the molecule is CC1CCC(C)N1C(C)C(=O)N1CCC(C(O)c2nccn2C)CC1. The molecule has 2 fully saturated rings. The van der Waals surface area contributed by atoms with Crippen LogP contribution in [0.25, 0.3) is 0 Å². The second-order valence-corrected chi connectivity index (χ2v) is 7.90. The van der Waals surface area contributed by atoms with Gasteiger partial charge in [-0.3, -0.25) is 9.69 Å². The Morgan fingerprint density at radius 2 is 1.80 bits per heavy atom. The molecule has 6 nitrogen and oxygen atoms in total. The van der Waals surface area contributed by atoms with E-state index in [1.807, 2.05) is 22.7 Å². The van der Waals surface area contributed by atoms with Gasteiger partial charge < -0.3 is 14.6 Å². The van der Waals surface area contributed by atoms with Crippen LogP contribution in [0.2, 0.25) is 0 Å². The summed E-state index contributed by atoms with van der Waals surface area (Å²) in [4.78, 5) is 21.6. The predicted molar refractivity (Wildman–Crippen MR) is 96.9 cm³/mol. The molecule has 2 aliphatic rings. The van der Waals surface area contributed by atoms with Crippen LogP contribution >= 0.6 is 0 Å². The number of piperidine rings is 1. The van der Waals surface area contributed by atoms with Gasteiger partial charge in [-0.2, -0.15) is 0 Å². The summed E-state index contributed by atoms with van der Waals surface area (Å²) in [5, 5.41) is 10.6. The van der Waals surface area contributed by atoms with Crippen molar-refractivity contribution in [3.8, 4) is 0 Å². The van der Waals surface area contributed by atoms with Gasteiger partial charge in [-0.25, -0.2) is 4.98 Å². The Morgan fingerprint density at radius 1 is 1.20 bits per heavy atom. The summed E-state index contributed by atoms with van der Waals surface area (Å²) >= 11 is 0. The average molecular weight is 348 g/mol. The quantitative estimate of drug-likeness (QED) is 0.903. The highest BCUT2D eigenvalue weighted by atomic mass is 16.3. The summed E-state index contributed by atoms with van der Waals surface area (Å²) in [5.74, 6) is 1.13. The highest BCUT2D eigenvalue weighted by Crippen LogP contribution is 2.31. The van der Waals surface area contributed by atoms with Crippen molar-refractivity contribution in [3.05, 3.63) is 18.2 Å². The Balaban J connectivity index is 1.56. The number of rotatable bonds is 4. The third-order valence-corrected chi connectivity index (χ3v) is 6.25. The molecule has 0 radical (unpaired) electrons. The second-order valence-electron chi connectivity index (χ2n) is 7.90. The fraction of sp³-hybridized carbons (Fsp3) is 0.789. The summed E-state index contributed by atoms with van der Waals surface area (Å²) in [6, 6.07) is 0.914. The molecule has 3 rings (SSSR count). The van der Waals surface area contributed by atoms with Gasteiger partial charge in [0.2, 0.25) is 5.91 Å². The third kappa shape index (κ3) is 3.60. The molecule has 0 aromatic carbocycles. The Kier molecular flexibility index (Phi) is 5.49. The average Bonchev–Trinajstić information content (AvgIpc) is 3.18. The molecular weight excluding hydrogens is 316 g/mol. The number of carbonyl (C=O) groups is 1. The minimum atomic E-state index is -0.548. The first kappa shape index (κ1) is 18.4. The maximum atomic E-state index is 12.9. The molecule has 1 aromatic heterocycles. The van der Waals surface area contributed by atoms with Crippen molar-refractivity contribution in [1.29, 1.82) is 0 Å². The van der Waals surface area contributed by atoms with Crippen LogP contribution < -0.4 is 0 Å². The summed E-state index contributed by atoms with van der Waals surface area (Å²) in [7, 11) is 1.91. The molecule has 1 amide bonds. The van der Waals surface area contributed by atoms with Crippen LogP contribution in [0.1, 0.15) is 58.4 Å². The van der Waals surface area contributed by atoms with Gasteiger partial charge in [0.05, 0.1) is 6.04 Å². The molecule has 0 aliphatic carbocycles. The number of hydrogen-bond acceptors (Lipinski definition) is 4. The zero-order valence-corrected chi connectivity index (χ0v) is 15.9. The smallest absolute Gasteiger partial charge is 0.239 e. The summed E-state index contributed by atoms with van der Waals surface area (Å²) < 4.78 is 1.88. The number of imidazole rings is 1. The number of nitrogens with zero attached hydrogens (tertiary/aromatic N) is 4. The zero-order valence-electron chi connectivity index (χ0n) is 15.9. The van der Waals surface area contributed by atoms with E-state index in [1.54, 1.807) is 6.20 Å². The van der Waals surface area contributed by atoms with Crippen LogP contribution in [0.4, 0.5) is 0 Å². The number of carbonyl (C=O) groups excluding carboxylic acids is 1. The minimum absolute atomic E-state index is 0.0523. The molecule has 3 heterocycles. The van der Waals surface area contributed by atoms with E-state index < -0.39 is 6.10 Å². The fourth-order valence-corrected chi connectivity index (χ4v) is 4.68. The minimum Gasteiger partial charge on any atom is -0.385 e. The zero-order chi connectivity index (χ0) is 18.1. The van der Waals surface area contributed by atoms with Crippen LogP contribution in [0.15, 0.2) is 12.4 Å². The van der Waals surface area contributed by atoms with Crippen molar-refractivity contribution in [3.63, 3.8) is 0 Å². The van der Waals surface area contributed by atoms with Crippen molar-refractivity contribution in [1.82, 2.24) is 19.4 Å². The Bertz CT molecular complexity index is 584. The van der Waals surface area contributed by atoms with Crippen LogP contribution in [0.5, 0.6) is 0 Å². The molecule has 2 saturated heterocycles. The van der Waals surface area contributed by atoms with Crippen molar-refractivity contribution in [2.75, 3.05) is 13.1 Å². The lowest BCUT2D eigenvalue weighted by Crippen LogP contribution is -2.52. The molecule has 25 heavy (non-hydrogen) atoms. The van der Waals surface area contributed by atoms with Crippen LogP contribution in [-0.2, 0) is 11.8 Å². The van der Waals surface area contributed by atoms with Crippen molar-refractivity contribution >= 4 is 5.91 Å². The number of hydrogen-bond donors (Lipinski definition) is 1. The lowest BCUT2D eigenvalue weighted by molar-refractivity contribution is -0.139. The maximum absolute atomic E-state index is 12.9. The number of likely N-dealkylation sites (tertiary alicyclic amines) is 2. The van der Waals surface area contributed by atoms with Gasteiger partial charge in [0.15, 0.2) is 0 Å². The molecular formula is C19H32N4O2. The van der Waals surface area contributed by atoms with Crippen LogP contribution in [0.3, 0.4) is 0 Å². The van der Waals surface area contributed by atoms with Crippen molar-refractivity contribution < 1.29 is 9.90 Å². The highest BCUT2D eigenvalue weighted by Gasteiger charge is 2.37. The molecule has 6 heteroatoms. The fourth-order valence-electron chi connectivity index (χ4n) is 4.68. The normalized spacial score (nSPS) is 28.3. The first-order valence-corrected chi connectivity index (χ1v) is 9.61. The van der Waals surface area contributed by atoms with Crippen molar-refractivity contribution in [2.45, 2.75) is 70.7 Å². The molecule has 140 valence electrons. The maximum Gasteiger partial charge on any atom is 0.239 e. The number of aromatic nitrogens is 2. The topological polar surface area (TPSA) is 61.6 Å². The standard InChI is InChI=1S/C19H32N4O2/c1-13-5-6-14(2)23(13)15(3)19(25)22-10-7-16(8-11-22)17(24)18-20-9-12-21(18)4/h9,12-17,24H,5-8,10-11H2,1-4H3. The molecule has 4 unspecified atom stereocenters. The highest BCUT2D eigenvalue weighted by molar-refractivity contribution is 5.81. The largest absolute Gasteiger partial charge is 0.385 e. The van der Waals surface area contributed by atoms with E-state index in [0.29, 0.717) is 12.1 Å². The molecule has 4 atom stereocenters. The summed E-state index contributed by atoms with van der Waals surface area (Å²) in [5.41, 5.74) is 0. The Morgan fingerprint density at radius 3 is 2.32 bits per heavy atom. The second kappa shape index (κ2) is 7.46. The predicted octanol–water partition coefficient (Wildman–Crippen LogP) is 1.95. The Labute approximate surface area is 150 Å². The van der Waals surface area contributed by atoms with Gasteiger partial charge in [-0.15, -0.1) is 0 Å². The number of amides is 1. The number of aliphatic hydroxyl groups excluding tert-OH is 1. The first-order valence-electron chi connectivity index (χ1n) is 9.61. The summed E-state index contributed by atoms with van der Waals surface area (Å²) in [6.45, 7) is 7.96. The molecule has 0 spiro atoms. The van der Waals surface area contributed by atoms with Gasteiger partial charge in [-0.1, -0.05) is 0 Å². The molecule has 1 aromatic rings. The van der Waals surface area contributed by atoms with Gasteiger partial charge in [-0.05, 0) is 52.4 Å². The molecule has 2 aliphatic heterocycles. The van der Waals surface area contributed by atoms with E-state index in [-0.39, 0.29) is 17.9 Å². The monoisotopic (exact) mass is 348 g/mol. The Hall–Kier alpha value is -1.40. The molecule has 0 saturated carbocycles. The van der Waals surface area contributed by atoms with E-state index in [2.05, 4.69) is 30.7 Å². The van der Waals surface area contributed by atoms with E-state index in [4.69, 9.17) is 0 Å². The van der Waals surface area contributed by atoms with E-state index in [1.165, 1.54) is 12.8 Å². The van der Waals surface area contributed by atoms with Gasteiger partial charge in [0.1, 0.15) is 11.9 Å². The van der Waals surface area contributed by atoms with Crippen molar-refractivity contribution in [2.24, 2.45) is 13.0 Å². The van der Waals surface area contributed by atoms with Crippen LogP contribution in [-0.4, -0.2) is 61.6 Å².